The summed E-state index contributed by atoms with van der Waals surface area (Å²) in [5.41, 5.74) is 1.14. The van der Waals surface area contributed by atoms with Crippen LogP contribution in [0.1, 0.15) is 26.3 Å². The van der Waals surface area contributed by atoms with E-state index in [-0.39, 0.29) is 18.0 Å². The van der Waals surface area contributed by atoms with Gasteiger partial charge in [0, 0.05) is 12.1 Å². The maximum atomic E-state index is 11.6. The monoisotopic (exact) mass is 294 g/mol. The van der Waals surface area contributed by atoms with E-state index in [0.717, 1.165) is 23.5 Å². The molecule has 0 saturated heterocycles. The van der Waals surface area contributed by atoms with Crippen molar-refractivity contribution >= 4 is 5.91 Å². The fourth-order valence-corrected chi connectivity index (χ4v) is 2.07. The van der Waals surface area contributed by atoms with Gasteiger partial charge in [-0.1, -0.05) is 6.07 Å². The molecule has 21 heavy (non-hydrogen) atoms. The van der Waals surface area contributed by atoms with Crippen LogP contribution in [0.25, 0.3) is 0 Å². The predicted octanol–water partition coefficient (Wildman–Crippen LogP) is 1.75. The van der Waals surface area contributed by atoms with Crippen LogP contribution in [0.4, 0.5) is 0 Å². The standard InChI is InChI=1S/C16H26N2O3/c1-11(2)18-16(19)10-17-12(3)8-13-6-7-14(20-4)15(9-13)21-5/h6-7,9,11-12,17H,8,10H2,1-5H3,(H,18,19). The molecule has 2 N–H and O–H groups in total. The van der Waals surface area contributed by atoms with Gasteiger partial charge in [-0.15, -0.1) is 0 Å². The van der Waals surface area contributed by atoms with Crippen molar-refractivity contribution in [3.63, 3.8) is 0 Å². The van der Waals surface area contributed by atoms with Gasteiger partial charge >= 0.3 is 0 Å². The first-order chi connectivity index (χ1) is 9.96. The van der Waals surface area contributed by atoms with Gasteiger partial charge in [-0.3, -0.25) is 4.79 Å². The van der Waals surface area contributed by atoms with Crippen LogP contribution in [0.2, 0.25) is 0 Å². The summed E-state index contributed by atoms with van der Waals surface area (Å²) in [4.78, 5) is 11.6. The molecule has 0 radical (unpaired) electrons. The lowest BCUT2D eigenvalue weighted by Crippen LogP contribution is -2.41. The summed E-state index contributed by atoms with van der Waals surface area (Å²) >= 11 is 0. The van der Waals surface area contributed by atoms with Gasteiger partial charge in [-0.2, -0.15) is 0 Å². The van der Waals surface area contributed by atoms with Crippen LogP contribution in [-0.4, -0.2) is 38.8 Å². The van der Waals surface area contributed by atoms with E-state index in [4.69, 9.17) is 9.47 Å². The highest BCUT2D eigenvalue weighted by Gasteiger charge is 2.09. The zero-order chi connectivity index (χ0) is 15.8. The molecule has 1 unspecified atom stereocenters. The highest BCUT2D eigenvalue weighted by molar-refractivity contribution is 5.78. The molecule has 5 nitrogen and oxygen atoms in total. The fourth-order valence-electron chi connectivity index (χ4n) is 2.07. The van der Waals surface area contributed by atoms with E-state index in [2.05, 4.69) is 17.6 Å². The number of benzene rings is 1. The summed E-state index contributed by atoms with van der Waals surface area (Å²) in [5, 5.41) is 6.08. The van der Waals surface area contributed by atoms with Gasteiger partial charge in [0.1, 0.15) is 0 Å². The number of carbonyl (C=O) groups is 1. The fraction of sp³-hybridized carbons (Fsp3) is 0.562. The molecule has 0 spiro atoms. The highest BCUT2D eigenvalue weighted by Crippen LogP contribution is 2.27. The highest BCUT2D eigenvalue weighted by atomic mass is 16.5. The Bertz CT molecular complexity index is 461. The third-order valence-corrected chi connectivity index (χ3v) is 3.05. The van der Waals surface area contributed by atoms with Gasteiger partial charge in [0.25, 0.3) is 0 Å². The third-order valence-electron chi connectivity index (χ3n) is 3.05. The summed E-state index contributed by atoms with van der Waals surface area (Å²) in [6.45, 7) is 6.28. The van der Waals surface area contributed by atoms with Crippen LogP contribution >= 0.6 is 0 Å². The van der Waals surface area contributed by atoms with Gasteiger partial charge in [0.2, 0.25) is 5.91 Å². The molecule has 118 valence electrons. The van der Waals surface area contributed by atoms with E-state index in [1.807, 2.05) is 32.0 Å². The first kappa shape index (κ1) is 17.3. The minimum absolute atomic E-state index is 0.0177. The lowest BCUT2D eigenvalue weighted by atomic mass is 10.1. The Hall–Kier alpha value is -1.75. The number of nitrogens with one attached hydrogen (secondary N) is 2. The van der Waals surface area contributed by atoms with Crippen LogP contribution in [-0.2, 0) is 11.2 Å². The van der Waals surface area contributed by atoms with Crippen molar-refractivity contribution in [1.29, 1.82) is 0 Å². The van der Waals surface area contributed by atoms with Crippen molar-refractivity contribution in [2.75, 3.05) is 20.8 Å². The number of rotatable bonds is 8. The van der Waals surface area contributed by atoms with Crippen molar-refractivity contribution in [1.82, 2.24) is 10.6 Å². The molecule has 0 aromatic heterocycles. The van der Waals surface area contributed by atoms with E-state index in [1.54, 1.807) is 14.2 Å². The molecule has 0 aliphatic rings. The number of amides is 1. The molecule has 1 aromatic rings. The molecule has 0 fully saturated rings. The Morgan fingerprint density at radius 1 is 1.14 bits per heavy atom. The molecule has 1 amide bonds. The SMILES string of the molecule is COc1ccc(CC(C)NCC(=O)NC(C)C)cc1OC. The molecule has 0 bridgehead atoms. The van der Waals surface area contributed by atoms with Gasteiger partial charge < -0.3 is 20.1 Å². The average molecular weight is 294 g/mol. The second-order valence-corrected chi connectivity index (χ2v) is 5.40. The Morgan fingerprint density at radius 3 is 2.38 bits per heavy atom. The van der Waals surface area contributed by atoms with Crippen molar-refractivity contribution < 1.29 is 14.3 Å². The molecule has 0 saturated carbocycles. The van der Waals surface area contributed by atoms with Gasteiger partial charge in [-0.05, 0) is 44.9 Å². The topological polar surface area (TPSA) is 59.6 Å². The molecule has 0 heterocycles. The van der Waals surface area contributed by atoms with E-state index in [1.165, 1.54) is 0 Å². The lowest BCUT2D eigenvalue weighted by molar-refractivity contribution is -0.120. The first-order valence-electron chi connectivity index (χ1n) is 7.20. The van der Waals surface area contributed by atoms with E-state index in [0.29, 0.717) is 6.54 Å². The van der Waals surface area contributed by atoms with Crippen LogP contribution in [0, 0.1) is 0 Å². The zero-order valence-electron chi connectivity index (χ0n) is 13.5. The Morgan fingerprint density at radius 2 is 1.81 bits per heavy atom. The maximum Gasteiger partial charge on any atom is 0.234 e. The minimum atomic E-state index is 0.0177. The third kappa shape index (κ3) is 6.04. The van der Waals surface area contributed by atoms with Gasteiger partial charge in [-0.25, -0.2) is 0 Å². The summed E-state index contributed by atoms with van der Waals surface area (Å²) < 4.78 is 10.5. The summed E-state index contributed by atoms with van der Waals surface area (Å²) in [6.07, 6.45) is 0.815. The van der Waals surface area contributed by atoms with E-state index >= 15 is 0 Å². The molecular weight excluding hydrogens is 268 g/mol. The number of carbonyl (C=O) groups excluding carboxylic acids is 1. The Balaban J connectivity index is 2.51. The lowest BCUT2D eigenvalue weighted by Gasteiger charge is -2.16. The van der Waals surface area contributed by atoms with Crippen molar-refractivity contribution in [2.24, 2.45) is 0 Å². The molecule has 5 heteroatoms. The minimum Gasteiger partial charge on any atom is -0.493 e. The van der Waals surface area contributed by atoms with Crippen molar-refractivity contribution in [2.45, 2.75) is 39.3 Å². The molecule has 0 aliphatic heterocycles. The van der Waals surface area contributed by atoms with Crippen LogP contribution in [0.15, 0.2) is 18.2 Å². The number of hydrogen-bond donors (Lipinski definition) is 2. The van der Waals surface area contributed by atoms with Crippen molar-refractivity contribution in [3.8, 4) is 11.5 Å². The average Bonchev–Trinajstić information content (AvgIpc) is 2.44. The Labute approximate surface area is 127 Å². The first-order valence-corrected chi connectivity index (χ1v) is 7.20. The largest absolute Gasteiger partial charge is 0.493 e. The second-order valence-electron chi connectivity index (χ2n) is 5.40. The summed E-state index contributed by atoms with van der Waals surface area (Å²) in [5.74, 6) is 1.46. The molecule has 1 rings (SSSR count). The predicted molar refractivity (Wildman–Crippen MR) is 84.0 cm³/mol. The quantitative estimate of drug-likeness (QED) is 0.767. The van der Waals surface area contributed by atoms with Gasteiger partial charge in [0.15, 0.2) is 11.5 Å². The summed E-state index contributed by atoms with van der Waals surface area (Å²) in [7, 11) is 3.24. The van der Waals surface area contributed by atoms with Crippen LogP contribution in [0.5, 0.6) is 11.5 Å². The number of methoxy groups -OCH3 is 2. The summed E-state index contributed by atoms with van der Waals surface area (Å²) in [6, 6.07) is 6.23. The zero-order valence-corrected chi connectivity index (χ0v) is 13.5. The maximum absolute atomic E-state index is 11.6. The second kappa shape index (κ2) is 8.52. The normalized spacial score (nSPS) is 12.1. The number of ether oxygens (including phenoxy) is 2. The smallest absolute Gasteiger partial charge is 0.234 e. The number of hydrogen-bond acceptors (Lipinski definition) is 4. The molecule has 0 aliphatic carbocycles. The van der Waals surface area contributed by atoms with E-state index < -0.39 is 0 Å². The Kier molecular flexibility index (Phi) is 7.02. The molecular formula is C16H26N2O3. The van der Waals surface area contributed by atoms with Crippen LogP contribution < -0.4 is 20.1 Å². The molecule has 1 aromatic carbocycles. The van der Waals surface area contributed by atoms with Crippen molar-refractivity contribution in [3.05, 3.63) is 23.8 Å². The van der Waals surface area contributed by atoms with Crippen LogP contribution in [0.3, 0.4) is 0 Å². The van der Waals surface area contributed by atoms with Gasteiger partial charge in [0.05, 0.1) is 20.8 Å². The molecule has 1 atom stereocenters. The van der Waals surface area contributed by atoms with E-state index in [9.17, 15) is 4.79 Å².